The number of aromatic nitrogens is 2. The molecule has 2 heterocycles. The summed E-state index contributed by atoms with van der Waals surface area (Å²) in [7, 11) is 0. The van der Waals surface area contributed by atoms with Crippen molar-refractivity contribution in [3.05, 3.63) is 63.9 Å². The van der Waals surface area contributed by atoms with Gasteiger partial charge in [0.25, 0.3) is 5.69 Å². The minimum absolute atomic E-state index is 0.0654. The van der Waals surface area contributed by atoms with Crippen LogP contribution < -0.4 is 0 Å². The maximum Gasteiger partial charge on any atom is 0.269 e. The van der Waals surface area contributed by atoms with Crippen molar-refractivity contribution in [2.75, 3.05) is 0 Å². The molecule has 19 heavy (non-hydrogen) atoms. The van der Waals surface area contributed by atoms with Crippen molar-refractivity contribution in [2.24, 2.45) is 0 Å². The summed E-state index contributed by atoms with van der Waals surface area (Å²) < 4.78 is 1.85. The Labute approximate surface area is 113 Å². The predicted molar refractivity (Wildman–Crippen MR) is 72.3 cm³/mol. The van der Waals surface area contributed by atoms with Gasteiger partial charge in [0.1, 0.15) is 0 Å². The molecule has 0 amide bonds. The van der Waals surface area contributed by atoms with Crippen LogP contribution in [0.15, 0.2) is 48.8 Å². The Hall–Kier alpha value is -2.40. The Morgan fingerprint density at radius 2 is 1.95 bits per heavy atom. The molecule has 6 heteroatoms. The summed E-state index contributed by atoms with van der Waals surface area (Å²) in [6.07, 6.45) is 3.55. The van der Waals surface area contributed by atoms with E-state index >= 15 is 0 Å². The zero-order chi connectivity index (χ0) is 13.4. The lowest BCUT2D eigenvalue weighted by molar-refractivity contribution is -0.384. The first-order valence-electron chi connectivity index (χ1n) is 5.53. The quantitative estimate of drug-likeness (QED) is 0.530. The van der Waals surface area contributed by atoms with Gasteiger partial charge in [-0.15, -0.1) is 0 Å². The molecule has 0 radical (unpaired) electrons. The van der Waals surface area contributed by atoms with Crippen molar-refractivity contribution < 1.29 is 4.92 Å². The maximum atomic E-state index is 10.6. The van der Waals surface area contributed by atoms with E-state index in [9.17, 15) is 10.1 Å². The molecule has 2 aromatic heterocycles. The Bertz CT molecular complexity index is 765. The molecule has 0 aliphatic rings. The molecule has 5 nitrogen and oxygen atoms in total. The second-order valence-electron chi connectivity index (χ2n) is 4.00. The fraction of sp³-hybridized carbons (Fsp3) is 0. The van der Waals surface area contributed by atoms with Crippen LogP contribution in [0.1, 0.15) is 0 Å². The predicted octanol–water partition coefficient (Wildman–Crippen LogP) is 3.56. The molecule has 0 N–H and O–H groups in total. The second kappa shape index (κ2) is 4.37. The van der Waals surface area contributed by atoms with Crippen LogP contribution in [0.25, 0.3) is 16.9 Å². The van der Waals surface area contributed by atoms with E-state index in [0.717, 1.165) is 11.3 Å². The van der Waals surface area contributed by atoms with Gasteiger partial charge in [-0.1, -0.05) is 11.6 Å². The number of hydrogen-bond donors (Lipinski definition) is 0. The van der Waals surface area contributed by atoms with Crippen LogP contribution in [0.4, 0.5) is 5.69 Å². The molecule has 0 aliphatic heterocycles. The zero-order valence-corrected chi connectivity index (χ0v) is 10.4. The van der Waals surface area contributed by atoms with E-state index < -0.39 is 4.92 Å². The summed E-state index contributed by atoms with van der Waals surface area (Å²) in [6, 6.07) is 9.93. The Balaban J connectivity index is 2.14. The van der Waals surface area contributed by atoms with Crippen molar-refractivity contribution in [2.45, 2.75) is 0 Å². The van der Waals surface area contributed by atoms with Crippen molar-refractivity contribution in [3.63, 3.8) is 0 Å². The molecule has 0 aliphatic carbocycles. The molecule has 0 fully saturated rings. The normalized spacial score (nSPS) is 10.8. The third-order valence-corrected chi connectivity index (χ3v) is 3.16. The fourth-order valence-electron chi connectivity index (χ4n) is 1.94. The lowest BCUT2D eigenvalue weighted by atomic mass is 10.1. The number of nitrogens with zero attached hydrogens (tertiary/aromatic N) is 3. The van der Waals surface area contributed by atoms with Crippen molar-refractivity contribution >= 4 is 22.9 Å². The summed E-state index contributed by atoms with van der Waals surface area (Å²) in [4.78, 5) is 14.5. The zero-order valence-electron chi connectivity index (χ0n) is 9.65. The number of benzene rings is 1. The number of non-ortho nitro benzene ring substituents is 1. The van der Waals surface area contributed by atoms with Crippen LogP contribution in [0.2, 0.25) is 5.02 Å². The summed E-state index contributed by atoms with van der Waals surface area (Å²) in [6.45, 7) is 0. The van der Waals surface area contributed by atoms with Crippen molar-refractivity contribution in [3.8, 4) is 11.3 Å². The average molecular weight is 274 g/mol. The average Bonchev–Trinajstić information content (AvgIpc) is 2.84. The molecule has 0 saturated carbocycles. The highest BCUT2D eigenvalue weighted by Crippen LogP contribution is 2.25. The molecule has 0 bridgehead atoms. The number of imidazole rings is 1. The van der Waals surface area contributed by atoms with Gasteiger partial charge in [-0.05, 0) is 24.3 Å². The molecular weight excluding hydrogens is 266 g/mol. The van der Waals surface area contributed by atoms with E-state index in [1.54, 1.807) is 24.4 Å². The highest BCUT2D eigenvalue weighted by atomic mass is 35.5. The fourth-order valence-corrected chi connectivity index (χ4v) is 2.16. The molecular formula is C13H8ClN3O2. The van der Waals surface area contributed by atoms with Crippen molar-refractivity contribution in [1.29, 1.82) is 0 Å². The first-order valence-corrected chi connectivity index (χ1v) is 5.91. The van der Waals surface area contributed by atoms with E-state index in [-0.39, 0.29) is 5.69 Å². The van der Waals surface area contributed by atoms with Crippen LogP contribution in [-0.2, 0) is 0 Å². The van der Waals surface area contributed by atoms with Gasteiger partial charge in [0.15, 0.2) is 5.65 Å². The third-order valence-electron chi connectivity index (χ3n) is 2.86. The highest BCUT2D eigenvalue weighted by Gasteiger charge is 2.10. The van der Waals surface area contributed by atoms with Gasteiger partial charge in [-0.25, -0.2) is 4.98 Å². The molecule has 0 unspecified atom stereocenters. The van der Waals surface area contributed by atoms with E-state index in [1.807, 2.05) is 16.7 Å². The molecule has 0 atom stereocenters. The van der Waals surface area contributed by atoms with Crippen molar-refractivity contribution in [1.82, 2.24) is 9.38 Å². The van der Waals surface area contributed by atoms with Gasteiger partial charge in [-0.3, -0.25) is 14.5 Å². The molecule has 94 valence electrons. The summed E-state index contributed by atoms with van der Waals surface area (Å²) in [5.74, 6) is 0. The highest BCUT2D eigenvalue weighted by molar-refractivity contribution is 6.33. The molecule has 0 saturated heterocycles. The molecule has 3 rings (SSSR count). The standard InChI is InChI=1S/C13H8ClN3O2/c14-11-2-1-7-16-12(8-15-13(11)16)9-3-5-10(6-4-9)17(18)19/h1-8H. The SMILES string of the molecule is O=[N+]([O-])c1ccc(-c2cnc3c(Cl)cccn23)cc1. The Morgan fingerprint density at radius 1 is 1.21 bits per heavy atom. The summed E-state index contributed by atoms with van der Waals surface area (Å²) >= 11 is 6.05. The smallest absolute Gasteiger partial charge is 0.269 e. The van der Waals surface area contributed by atoms with Gasteiger partial charge in [0.05, 0.1) is 21.8 Å². The first kappa shape index (κ1) is 11.7. The largest absolute Gasteiger partial charge is 0.298 e. The number of pyridine rings is 1. The number of rotatable bonds is 2. The number of nitro groups is 1. The summed E-state index contributed by atoms with van der Waals surface area (Å²) in [5.41, 5.74) is 2.42. The number of halogens is 1. The van der Waals surface area contributed by atoms with E-state index in [1.165, 1.54) is 12.1 Å². The van der Waals surface area contributed by atoms with Gasteiger partial charge in [-0.2, -0.15) is 0 Å². The minimum Gasteiger partial charge on any atom is -0.298 e. The summed E-state index contributed by atoms with van der Waals surface area (Å²) in [5, 5.41) is 11.2. The monoisotopic (exact) mass is 273 g/mol. The molecule has 3 aromatic rings. The van der Waals surface area contributed by atoms with E-state index in [4.69, 9.17) is 11.6 Å². The number of fused-ring (bicyclic) bond motifs is 1. The van der Waals surface area contributed by atoms with Gasteiger partial charge >= 0.3 is 0 Å². The lowest BCUT2D eigenvalue weighted by Crippen LogP contribution is -1.90. The minimum atomic E-state index is -0.421. The number of hydrogen-bond acceptors (Lipinski definition) is 3. The van der Waals surface area contributed by atoms with Gasteiger partial charge in [0.2, 0.25) is 0 Å². The lowest BCUT2D eigenvalue weighted by Gasteiger charge is -2.02. The number of nitro benzene ring substituents is 1. The topological polar surface area (TPSA) is 60.4 Å². The third kappa shape index (κ3) is 1.94. The van der Waals surface area contributed by atoms with Gasteiger partial charge < -0.3 is 0 Å². The van der Waals surface area contributed by atoms with E-state index in [0.29, 0.717) is 10.7 Å². The van der Waals surface area contributed by atoms with Crippen LogP contribution >= 0.6 is 11.6 Å². The molecule has 1 aromatic carbocycles. The Morgan fingerprint density at radius 3 is 2.63 bits per heavy atom. The van der Waals surface area contributed by atoms with Crippen LogP contribution in [0, 0.1) is 10.1 Å². The maximum absolute atomic E-state index is 10.6. The Kier molecular flexibility index (Phi) is 2.68. The van der Waals surface area contributed by atoms with Crippen LogP contribution in [0.3, 0.4) is 0 Å². The molecule has 0 spiro atoms. The second-order valence-corrected chi connectivity index (χ2v) is 4.40. The first-order chi connectivity index (χ1) is 9.16. The van der Waals surface area contributed by atoms with Crippen LogP contribution in [-0.4, -0.2) is 14.3 Å². The van der Waals surface area contributed by atoms with Gasteiger partial charge in [0, 0.05) is 23.9 Å². The van der Waals surface area contributed by atoms with E-state index in [2.05, 4.69) is 4.98 Å². The van der Waals surface area contributed by atoms with Crippen LogP contribution in [0.5, 0.6) is 0 Å².